The number of aryl methyl sites for hydroxylation is 1. The number of benzene rings is 1. The fourth-order valence-electron chi connectivity index (χ4n) is 5.08. The molecule has 1 amide bonds. The highest BCUT2D eigenvalue weighted by Gasteiger charge is 2.38. The molecule has 0 radical (unpaired) electrons. The summed E-state index contributed by atoms with van der Waals surface area (Å²) in [6, 6.07) is 7.20. The number of quaternary nitrogens is 1. The van der Waals surface area contributed by atoms with E-state index < -0.39 is 18.3 Å². The summed E-state index contributed by atoms with van der Waals surface area (Å²) in [4.78, 5) is 34.5. The van der Waals surface area contributed by atoms with E-state index in [1.54, 1.807) is 18.2 Å². The van der Waals surface area contributed by atoms with Crippen LogP contribution in [0.15, 0.2) is 43.0 Å². The lowest BCUT2D eigenvalue weighted by molar-refractivity contribution is -0.869. The van der Waals surface area contributed by atoms with Gasteiger partial charge in [-0.25, -0.2) is 9.97 Å². The maximum Gasteiger partial charge on any atom is 0.435 e. The Morgan fingerprint density at radius 1 is 1.17 bits per heavy atom. The zero-order valence-electron chi connectivity index (χ0n) is 26.0. The number of amides is 1. The number of carbonyl (C=O) groups excluding carboxylic acids is 2. The molecule has 0 atom stereocenters. The monoisotopic (exact) mass is 640 g/mol. The van der Waals surface area contributed by atoms with Gasteiger partial charge in [0.2, 0.25) is 0 Å². The quantitative estimate of drug-likeness (QED) is 0.226. The van der Waals surface area contributed by atoms with Crippen molar-refractivity contribution in [3.8, 4) is 17.3 Å². The molecule has 13 nitrogen and oxygen atoms in total. The number of hydrogen-bond acceptors (Lipinski definition) is 9. The predicted molar refractivity (Wildman–Crippen MR) is 161 cm³/mol. The Balaban J connectivity index is 0.00000154. The van der Waals surface area contributed by atoms with Crippen LogP contribution in [0.1, 0.15) is 21.6 Å². The van der Waals surface area contributed by atoms with E-state index in [1.807, 2.05) is 17.9 Å². The van der Waals surface area contributed by atoms with Crippen molar-refractivity contribution in [2.75, 3.05) is 65.7 Å². The van der Waals surface area contributed by atoms with Gasteiger partial charge in [-0.15, -0.1) is 0 Å². The summed E-state index contributed by atoms with van der Waals surface area (Å²) >= 11 is 0. The number of hydrogen-bond donors (Lipinski definition) is 1. The number of nitrogens with zero attached hydrogens (tertiary/aromatic N) is 9. The summed E-state index contributed by atoms with van der Waals surface area (Å²) < 4.78 is 44.6. The molecule has 4 aromatic rings. The molecular formula is C30H35F3N10O3. The third kappa shape index (κ3) is 7.98. The first-order valence-electron chi connectivity index (χ1n) is 14.3. The van der Waals surface area contributed by atoms with E-state index >= 15 is 0 Å². The van der Waals surface area contributed by atoms with Gasteiger partial charge in [0.1, 0.15) is 6.54 Å². The highest BCUT2D eigenvalue weighted by molar-refractivity contribution is 5.96. The van der Waals surface area contributed by atoms with Gasteiger partial charge in [0.25, 0.3) is 5.91 Å². The molecule has 16 heteroatoms. The third-order valence-electron chi connectivity index (χ3n) is 7.43. The molecule has 0 unspecified atom stereocenters. The second kappa shape index (κ2) is 14.0. The number of alkyl halides is 3. The van der Waals surface area contributed by atoms with Gasteiger partial charge in [-0.05, 0) is 30.7 Å². The van der Waals surface area contributed by atoms with Crippen LogP contribution in [0.3, 0.4) is 0 Å². The number of aromatic nitrogens is 5. The molecule has 1 N–H and O–H groups in total. The Bertz CT molecular complexity index is 1730. The van der Waals surface area contributed by atoms with E-state index in [-0.39, 0.29) is 23.7 Å². The van der Waals surface area contributed by atoms with E-state index in [0.29, 0.717) is 35.8 Å². The number of carboxylic acid groups (broad SMARTS) is 1. The number of rotatable bonds is 8. The van der Waals surface area contributed by atoms with Gasteiger partial charge in [-0.3, -0.25) is 18.8 Å². The molecule has 0 bridgehead atoms. The summed E-state index contributed by atoms with van der Waals surface area (Å²) in [5, 5.41) is 23.9. The minimum Gasteiger partial charge on any atom is -0.554 e. The average Bonchev–Trinajstić information content (AvgIpc) is 3.61. The van der Waals surface area contributed by atoms with Crippen LogP contribution in [-0.2, 0) is 17.5 Å². The molecule has 4 heterocycles. The topological polar surface area (TPSA) is 148 Å². The van der Waals surface area contributed by atoms with Crippen LogP contribution in [0.2, 0.25) is 0 Å². The van der Waals surface area contributed by atoms with Crippen LogP contribution in [0, 0.1) is 18.3 Å². The number of nitrogens with one attached hydrogen (secondary N) is 1. The normalized spacial score (nSPS) is 14.0. The van der Waals surface area contributed by atoms with Crippen molar-refractivity contribution in [3.05, 3.63) is 59.8 Å². The van der Waals surface area contributed by atoms with Gasteiger partial charge in [0, 0.05) is 69.0 Å². The van der Waals surface area contributed by atoms with Crippen molar-refractivity contribution in [2.24, 2.45) is 0 Å². The number of nitriles is 1. The van der Waals surface area contributed by atoms with Gasteiger partial charge in [0.15, 0.2) is 17.2 Å². The van der Waals surface area contributed by atoms with Crippen LogP contribution in [0.5, 0.6) is 0 Å². The Morgan fingerprint density at radius 2 is 1.87 bits per heavy atom. The van der Waals surface area contributed by atoms with E-state index in [2.05, 4.69) is 46.4 Å². The summed E-state index contributed by atoms with van der Waals surface area (Å²) in [7, 11) is 6.52. The zero-order valence-corrected chi connectivity index (χ0v) is 26.0. The second-order valence-corrected chi connectivity index (χ2v) is 11.8. The Morgan fingerprint density at radius 3 is 2.48 bits per heavy atom. The number of piperazine rings is 1. The lowest BCUT2D eigenvalue weighted by Crippen LogP contribution is -2.51. The molecule has 1 aliphatic rings. The lowest BCUT2D eigenvalue weighted by atomic mass is 10.1. The molecule has 1 fully saturated rings. The molecule has 0 saturated carbocycles. The molecule has 244 valence electrons. The minimum absolute atomic E-state index is 0.00848. The average molecular weight is 641 g/mol. The van der Waals surface area contributed by atoms with E-state index in [4.69, 9.17) is 15.2 Å². The van der Waals surface area contributed by atoms with Gasteiger partial charge in [-0.2, -0.15) is 23.5 Å². The molecule has 3 aromatic heterocycles. The number of halogens is 3. The van der Waals surface area contributed by atoms with Crippen LogP contribution in [-0.4, -0.2) is 111 Å². The van der Waals surface area contributed by atoms with Crippen molar-refractivity contribution in [1.29, 1.82) is 5.26 Å². The zero-order chi connectivity index (χ0) is 33.6. The van der Waals surface area contributed by atoms with E-state index in [9.17, 15) is 18.0 Å². The summed E-state index contributed by atoms with van der Waals surface area (Å²) in [5.74, 6) is 0.320. The molecular weight excluding hydrogens is 605 g/mol. The van der Waals surface area contributed by atoms with Crippen molar-refractivity contribution in [1.82, 2.24) is 33.9 Å². The Hall–Kier alpha value is -5.01. The Labute approximate surface area is 263 Å². The summed E-state index contributed by atoms with van der Waals surface area (Å²) in [6.07, 6.45) is 0.760. The molecule has 5 rings (SSSR count). The first-order valence-corrected chi connectivity index (χ1v) is 14.3. The van der Waals surface area contributed by atoms with Crippen molar-refractivity contribution in [3.63, 3.8) is 0 Å². The molecule has 0 aliphatic carbocycles. The van der Waals surface area contributed by atoms with Crippen LogP contribution >= 0.6 is 0 Å². The van der Waals surface area contributed by atoms with E-state index in [1.165, 1.54) is 29.2 Å². The molecule has 1 aliphatic heterocycles. The summed E-state index contributed by atoms with van der Waals surface area (Å²) in [5.41, 5.74) is 1.23. The largest absolute Gasteiger partial charge is 0.554 e. The van der Waals surface area contributed by atoms with Crippen molar-refractivity contribution in [2.45, 2.75) is 19.6 Å². The van der Waals surface area contributed by atoms with Crippen LogP contribution < -0.4 is 10.4 Å². The summed E-state index contributed by atoms with van der Waals surface area (Å²) in [6.45, 7) is 6.13. The van der Waals surface area contributed by atoms with Gasteiger partial charge < -0.3 is 24.6 Å². The standard InChI is InChI=1S/C29H33F3N10O.CH2O2/c1-20-17-21(5-6-22(20)28(43)39-13-11-38(12-14-39)15-16-42(2,3)4)36-26-27-35-18-24(41(27)10-8-34-26)23-19-40(9-7-33)37-25(23)29(30,31)32;2-1-3/h5-6,8,10,17-19H,9,11-16H2,1-4H3;1H,(H,2,3). The highest BCUT2D eigenvalue weighted by atomic mass is 19.4. The first kappa shape index (κ1) is 33.9. The number of likely N-dealkylation sites (N-methyl/N-ethyl adjacent to an activating group) is 1. The molecule has 1 aromatic carbocycles. The predicted octanol–water partition coefficient (Wildman–Crippen LogP) is 2.02. The maximum atomic E-state index is 13.8. The van der Waals surface area contributed by atoms with Crippen LogP contribution in [0.25, 0.3) is 16.9 Å². The number of carbonyl (C=O) groups is 2. The number of fused-ring (bicyclic) bond motifs is 1. The van der Waals surface area contributed by atoms with Crippen LogP contribution in [0.4, 0.5) is 24.7 Å². The first-order chi connectivity index (χ1) is 21.7. The minimum atomic E-state index is -4.72. The van der Waals surface area contributed by atoms with Gasteiger partial charge in [0.05, 0.1) is 51.2 Å². The highest BCUT2D eigenvalue weighted by Crippen LogP contribution is 2.37. The third-order valence-corrected chi connectivity index (χ3v) is 7.43. The maximum absolute atomic E-state index is 13.8. The fraction of sp³-hybridized carbons (Fsp3) is 0.400. The smallest absolute Gasteiger partial charge is 0.435 e. The number of imidazole rings is 1. The van der Waals surface area contributed by atoms with Gasteiger partial charge in [-0.1, -0.05) is 0 Å². The SMILES string of the molecule is Cc1cc(Nc2nccn3c(-c4cn(CC#N)nc4C(F)(F)F)cnc23)ccc1C(=O)N1CCN(CC[N+](C)(C)C)CC1.O=C[O-]. The second-order valence-electron chi connectivity index (χ2n) is 11.8. The van der Waals surface area contributed by atoms with Gasteiger partial charge >= 0.3 is 6.18 Å². The van der Waals surface area contributed by atoms with E-state index in [0.717, 1.165) is 40.9 Å². The number of anilines is 2. The molecule has 0 spiro atoms. The van der Waals surface area contributed by atoms with Crippen molar-refractivity contribution < 1.29 is 32.3 Å². The fourth-order valence-corrected chi connectivity index (χ4v) is 5.08. The van der Waals surface area contributed by atoms with Crippen molar-refractivity contribution >= 4 is 29.5 Å². The lowest BCUT2D eigenvalue weighted by Gasteiger charge is -2.36. The Kier molecular flexibility index (Phi) is 10.3. The molecule has 46 heavy (non-hydrogen) atoms. The molecule has 1 saturated heterocycles.